The van der Waals surface area contributed by atoms with Crippen LogP contribution >= 0.6 is 24.0 Å². The molecule has 1 aromatic carbocycles. The molecule has 0 atom stereocenters. The van der Waals surface area contributed by atoms with Gasteiger partial charge in [0.15, 0.2) is 5.96 Å². The van der Waals surface area contributed by atoms with Crippen LogP contribution in [0.2, 0.25) is 0 Å². The maximum atomic E-state index is 11.4. The van der Waals surface area contributed by atoms with Crippen LogP contribution in [0.25, 0.3) is 0 Å². The van der Waals surface area contributed by atoms with Crippen molar-refractivity contribution in [3.63, 3.8) is 0 Å². The molecule has 0 heterocycles. The predicted molar refractivity (Wildman–Crippen MR) is 117 cm³/mol. The molecule has 1 saturated carbocycles. The van der Waals surface area contributed by atoms with E-state index in [1.807, 2.05) is 6.07 Å². The number of primary sulfonamides is 1. The number of halogens is 1. The second-order valence-electron chi connectivity index (χ2n) is 7.42. The van der Waals surface area contributed by atoms with E-state index in [2.05, 4.69) is 29.5 Å². The third-order valence-electron chi connectivity index (χ3n) is 4.80. The van der Waals surface area contributed by atoms with E-state index in [9.17, 15) is 8.42 Å². The zero-order valence-electron chi connectivity index (χ0n) is 15.8. The summed E-state index contributed by atoms with van der Waals surface area (Å²) in [6.45, 7) is 5.94. The molecule has 0 radical (unpaired) electrons. The van der Waals surface area contributed by atoms with Gasteiger partial charge in [0.1, 0.15) is 0 Å². The first kappa shape index (κ1) is 23.2. The second-order valence-corrected chi connectivity index (χ2v) is 8.98. The Bertz CT molecular complexity index is 716. The van der Waals surface area contributed by atoms with E-state index in [-0.39, 0.29) is 28.9 Å². The molecule has 6 nitrogen and oxygen atoms in total. The molecule has 0 aromatic heterocycles. The summed E-state index contributed by atoms with van der Waals surface area (Å²) in [4.78, 5) is 4.39. The third kappa shape index (κ3) is 6.70. The minimum absolute atomic E-state index is 0. The predicted octanol–water partition coefficient (Wildman–Crippen LogP) is 2.83. The summed E-state index contributed by atoms with van der Waals surface area (Å²) in [5.41, 5.74) is 1.23. The molecule has 1 aromatic rings. The minimum Gasteiger partial charge on any atom is -0.356 e. The van der Waals surface area contributed by atoms with Crippen molar-refractivity contribution < 1.29 is 8.42 Å². The standard InChI is InChI=1S/C18H30N4O2S.HI/c1-14(2)11-18(8-5-9-18)13-22-17(20-3)21-12-15-6-4-7-16(10-15)25(19,23)24;/h4,6-7,10,14H,5,8-9,11-13H2,1-3H3,(H2,19,23,24)(H2,20,21,22);1H. The Morgan fingerprint density at radius 2 is 2.00 bits per heavy atom. The molecular weight excluding hydrogens is 463 g/mol. The van der Waals surface area contributed by atoms with E-state index in [1.165, 1.54) is 31.7 Å². The highest BCUT2D eigenvalue weighted by Gasteiger charge is 2.37. The first-order chi connectivity index (χ1) is 11.7. The summed E-state index contributed by atoms with van der Waals surface area (Å²) in [5, 5.41) is 11.9. The van der Waals surface area contributed by atoms with Gasteiger partial charge < -0.3 is 10.6 Å². The van der Waals surface area contributed by atoms with Gasteiger partial charge >= 0.3 is 0 Å². The van der Waals surface area contributed by atoms with E-state index >= 15 is 0 Å². The highest BCUT2D eigenvalue weighted by atomic mass is 127. The zero-order valence-corrected chi connectivity index (χ0v) is 18.9. The SMILES string of the molecule is CN=C(NCc1cccc(S(N)(=O)=O)c1)NCC1(CC(C)C)CCC1.I. The van der Waals surface area contributed by atoms with Crippen molar-refractivity contribution in [1.82, 2.24) is 10.6 Å². The molecule has 8 heteroatoms. The third-order valence-corrected chi connectivity index (χ3v) is 5.71. The lowest BCUT2D eigenvalue weighted by molar-refractivity contribution is 0.104. The Morgan fingerprint density at radius 3 is 2.50 bits per heavy atom. The molecule has 4 N–H and O–H groups in total. The number of benzene rings is 1. The van der Waals surface area contributed by atoms with Crippen LogP contribution in [0.3, 0.4) is 0 Å². The van der Waals surface area contributed by atoms with Gasteiger partial charge in [0.05, 0.1) is 4.90 Å². The number of hydrogen-bond acceptors (Lipinski definition) is 3. The largest absolute Gasteiger partial charge is 0.356 e. The maximum Gasteiger partial charge on any atom is 0.238 e. The summed E-state index contributed by atoms with van der Waals surface area (Å²) in [5.74, 6) is 1.43. The van der Waals surface area contributed by atoms with Crippen molar-refractivity contribution in [2.75, 3.05) is 13.6 Å². The highest BCUT2D eigenvalue weighted by Crippen LogP contribution is 2.45. The molecule has 0 spiro atoms. The fraction of sp³-hybridized carbons (Fsp3) is 0.611. The molecule has 1 aliphatic rings. The Morgan fingerprint density at radius 1 is 1.31 bits per heavy atom. The van der Waals surface area contributed by atoms with Crippen molar-refractivity contribution in [1.29, 1.82) is 0 Å². The van der Waals surface area contributed by atoms with Crippen LogP contribution in [0.5, 0.6) is 0 Å². The van der Waals surface area contributed by atoms with Crippen LogP contribution in [0.1, 0.15) is 45.1 Å². The van der Waals surface area contributed by atoms with E-state index in [4.69, 9.17) is 5.14 Å². The molecule has 2 rings (SSSR count). The van der Waals surface area contributed by atoms with Crippen LogP contribution in [0.4, 0.5) is 0 Å². The molecule has 1 aliphatic carbocycles. The lowest BCUT2D eigenvalue weighted by atomic mass is 9.64. The van der Waals surface area contributed by atoms with Gasteiger partial charge in [-0.25, -0.2) is 13.6 Å². The summed E-state index contributed by atoms with van der Waals surface area (Å²) < 4.78 is 22.9. The molecule has 148 valence electrons. The zero-order chi connectivity index (χ0) is 18.5. The number of nitrogens with one attached hydrogen (secondary N) is 2. The van der Waals surface area contributed by atoms with Crippen molar-refractivity contribution in [2.24, 2.45) is 21.5 Å². The van der Waals surface area contributed by atoms with Crippen LogP contribution in [0, 0.1) is 11.3 Å². The minimum atomic E-state index is -3.68. The first-order valence-electron chi connectivity index (χ1n) is 8.80. The van der Waals surface area contributed by atoms with Crippen molar-refractivity contribution >= 4 is 40.0 Å². The van der Waals surface area contributed by atoms with Crippen LogP contribution < -0.4 is 15.8 Å². The quantitative estimate of drug-likeness (QED) is 0.309. The summed E-state index contributed by atoms with van der Waals surface area (Å²) >= 11 is 0. The van der Waals surface area contributed by atoms with Crippen LogP contribution in [-0.2, 0) is 16.6 Å². The molecule has 0 unspecified atom stereocenters. The molecule has 0 aliphatic heterocycles. The Labute approximate surface area is 174 Å². The molecule has 0 saturated heterocycles. The van der Waals surface area contributed by atoms with Crippen LogP contribution in [-0.4, -0.2) is 28.0 Å². The summed E-state index contributed by atoms with van der Waals surface area (Å²) in [6, 6.07) is 6.64. The number of rotatable bonds is 7. The molecule has 0 bridgehead atoms. The Kier molecular flexibility index (Phi) is 8.81. The van der Waals surface area contributed by atoms with Crippen molar-refractivity contribution in [3.8, 4) is 0 Å². The fourth-order valence-electron chi connectivity index (χ4n) is 3.51. The topological polar surface area (TPSA) is 96.6 Å². The normalized spacial score (nSPS) is 16.6. The second kappa shape index (κ2) is 9.89. The van der Waals surface area contributed by atoms with E-state index in [1.54, 1.807) is 19.2 Å². The monoisotopic (exact) mass is 494 g/mol. The first-order valence-corrected chi connectivity index (χ1v) is 10.3. The summed E-state index contributed by atoms with van der Waals surface area (Å²) in [7, 11) is -1.94. The van der Waals surface area contributed by atoms with E-state index in [0.29, 0.717) is 17.9 Å². The number of hydrogen-bond donors (Lipinski definition) is 3. The van der Waals surface area contributed by atoms with Gasteiger partial charge in [-0.2, -0.15) is 0 Å². The number of nitrogens with two attached hydrogens (primary N) is 1. The van der Waals surface area contributed by atoms with Gasteiger partial charge in [-0.15, -0.1) is 24.0 Å². The van der Waals surface area contributed by atoms with Gasteiger partial charge in [0.2, 0.25) is 10.0 Å². The van der Waals surface area contributed by atoms with E-state index < -0.39 is 10.0 Å². The van der Waals surface area contributed by atoms with Gasteiger partial charge in [0, 0.05) is 20.1 Å². The van der Waals surface area contributed by atoms with Gasteiger partial charge in [-0.3, -0.25) is 4.99 Å². The molecule has 0 amide bonds. The fourth-order valence-corrected chi connectivity index (χ4v) is 4.09. The average molecular weight is 494 g/mol. The molecular formula is C18H31IN4O2S. The highest BCUT2D eigenvalue weighted by molar-refractivity contribution is 14.0. The summed E-state index contributed by atoms with van der Waals surface area (Å²) in [6.07, 6.45) is 5.07. The molecule has 1 fully saturated rings. The lowest BCUT2D eigenvalue weighted by Gasteiger charge is -2.43. The lowest BCUT2D eigenvalue weighted by Crippen LogP contribution is -2.46. The maximum absolute atomic E-state index is 11.4. The van der Waals surface area contributed by atoms with Gasteiger partial charge in [-0.05, 0) is 48.3 Å². The number of guanidine groups is 1. The van der Waals surface area contributed by atoms with E-state index in [0.717, 1.165) is 18.1 Å². The average Bonchev–Trinajstić information content (AvgIpc) is 2.51. The number of sulfonamides is 1. The smallest absolute Gasteiger partial charge is 0.238 e. The Hall–Kier alpha value is -0.870. The van der Waals surface area contributed by atoms with Gasteiger partial charge in [0.25, 0.3) is 0 Å². The van der Waals surface area contributed by atoms with Crippen molar-refractivity contribution in [3.05, 3.63) is 29.8 Å². The number of aliphatic imine (C=N–C) groups is 1. The van der Waals surface area contributed by atoms with Crippen LogP contribution in [0.15, 0.2) is 34.2 Å². The van der Waals surface area contributed by atoms with Gasteiger partial charge in [-0.1, -0.05) is 32.4 Å². The number of nitrogens with zero attached hydrogens (tertiary/aromatic N) is 1. The molecule has 26 heavy (non-hydrogen) atoms. The Balaban J connectivity index is 0.00000338. The van der Waals surface area contributed by atoms with Crippen molar-refractivity contribution in [2.45, 2.75) is 51.0 Å².